The molecule has 1 fully saturated rings. The Morgan fingerprint density at radius 1 is 0.471 bits per heavy atom. The molecule has 1 aliphatic heterocycles. The molecule has 0 radical (unpaired) electrons. The lowest BCUT2D eigenvalue weighted by atomic mass is 9.99. The van der Waals surface area contributed by atoms with Crippen LogP contribution in [-0.4, -0.2) is 89.6 Å². The van der Waals surface area contributed by atoms with E-state index in [4.69, 9.17) is 18.9 Å². The predicted molar refractivity (Wildman–Crippen MR) is 283 cm³/mol. The third kappa shape index (κ3) is 37.8. The van der Waals surface area contributed by atoms with Crippen LogP contribution >= 0.6 is 0 Å². The molecular formula is C59H90O9. The Morgan fingerprint density at radius 2 is 0.853 bits per heavy atom. The summed E-state index contributed by atoms with van der Waals surface area (Å²) in [5.41, 5.74) is 0. The summed E-state index contributed by atoms with van der Waals surface area (Å²) in [6.07, 6.45) is 67.1. The second-order valence-electron chi connectivity index (χ2n) is 16.5. The van der Waals surface area contributed by atoms with E-state index in [1.165, 1.54) is 0 Å². The van der Waals surface area contributed by atoms with Gasteiger partial charge in [-0.1, -0.05) is 178 Å². The molecule has 6 atom stereocenters. The van der Waals surface area contributed by atoms with Crippen molar-refractivity contribution in [3.8, 4) is 0 Å². The first-order valence-electron chi connectivity index (χ1n) is 25.6. The minimum atomic E-state index is -1.57. The van der Waals surface area contributed by atoms with Gasteiger partial charge in [-0.15, -0.1) is 0 Å². The maximum absolute atomic E-state index is 12.8. The number of esters is 1. The Morgan fingerprint density at radius 3 is 1.25 bits per heavy atom. The Labute approximate surface area is 412 Å². The molecule has 0 spiro atoms. The van der Waals surface area contributed by atoms with Crippen molar-refractivity contribution in [1.82, 2.24) is 0 Å². The lowest BCUT2D eigenvalue weighted by Gasteiger charge is -2.39. The number of aliphatic hydroxyl groups excluding tert-OH is 4. The summed E-state index contributed by atoms with van der Waals surface area (Å²) < 4.78 is 22.8. The van der Waals surface area contributed by atoms with Crippen LogP contribution in [0.15, 0.2) is 158 Å². The van der Waals surface area contributed by atoms with Crippen molar-refractivity contribution in [2.24, 2.45) is 0 Å². The summed E-state index contributed by atoms with van der Waals surface area (Å²) in [6.45, 7) is 4.14. The SMILES string of the molecule is CC/C=C\C/C=C\C/C=C\C/C=C\C/C=C\C/C=C\C/C=C\CCCC(=O)OC(COCCCCC/C=C\C/C=C\C/C=C\C/C=C\C/C=C\C/C=C\CC)COC1OC(CO)C(O)C(O)C1O. The highest BCUT2D eigenvalue weighted by molar-refractivity contribution is 5.69. The minimum absolute atomic E-state index is 0.0855. The number of carbonyl (C=O) groups is 1. The number of allylic oxidation sites excluding steroid dienone is 26. The molecule has 9 nitrogen and oxygen atoms in total. The fraction of sp³-hybridized carbons (Fsp3) is 0.542. The molecule has 1 rings (SSSR count). The zero-order valence-corrected chi connectivity index (χ0v) is 41.8. The van der Waals surface area contributed by atoms with Gasteiger partial charge >= 0.3 is 5.97 Å². The van der Waals surface area contributed by atoms with Gasteiger partial charge in [-0.05, 0) is 116 Å². The summed E-state index contributed by atoms with van der Waals surface area (Å²) >= 11 is 0. The van der Waals surface area contributed by atoms with Crippen LogP contribution in [0.5, 0.6) is 0 Å². The highest BCUT2D eigenvalue weighted by Gasteiger charge is 2.44. The van der Waals surface area contributed by atoms with Gasteiger partial charge in [0.25, 0.3) is 0 Å². The molecule has 1 heterocycles. The average Bonchev–Trinajstić information content (AvgIpc) is 3.34. The van der Waals surface area contributed by atoms with Gasteiger partial charge in [0.2, 0.25) is 0 Å². The van der Waals surface area contributed by atoms with Gasteiger partial charge in [0, 0.05) is 13.0 Å². The summed E-state index contributed by atoms with van der Waals surface area (Å²) in [4.78, 5) is 12.8. The number of hydrogen-bond donors (Lipinski definition) is 4. The van der Waals surface area contributed by atoms with E-state index in [0.717, 1.165) is 116 Å². The van der Waals surface area contributed by atoms with Crippen molar-refractivity contribution in [1.29, 1.82) is 0 Å². The zero-order valence-electron chi connectivity index (χ0n) is 41.8. The molecule has 1 aliphatic rings. The van der Waals surface area contributed by atoms with Gasteiger partial charge < -0.3 is 39.4 Å². The smallest absolute Gasteiger partial charge is 0.306 e. The molecule has 6 unspecified atom stereocenters. The number of rotatable bonds is 41. The van der Waals surface area contributed by atoms with Crippen molar-refractivity contribution in [2.45, 2.75) is 179 Å². The molecule has 4 N–H and O–H groups in total. The zero-order chi connectivity index (χ0) is 49.2. The number of ether oxygens (including phenoxy) is 4. The molecule has 380 valence electrons. The summed E-state index contributed by atoms with van der Waals surface area (Å²) in [5, 5.41) is 40.3. The van der Waals surface area contributed by atoms with Crippen LogP contribution in [0.3, 0.4) is 0 Å². The Balaban J connectivity index is 2.33. The maximum Gasteiger partial charge on any atom is 0.306 e. The van der Waals surface area contributed by atoms with E-state index in [9.17, 15) is 25.2 Å². The third-order valence-corrected chi connectivity index (χ3v) is 10.4. The molecule has 9 heteroatoms. The minimum Gasteiger partial charge on any atom is -0.457 e. The molecule has 0 aromatic rings. The maximum atomic E-state index is 12.8. The molecule has 0 aromatic heterocycles. The van der Waals surface area contributed by atoms with Gasteiger partial charge in [0.15, 0.2) is 6.29 Å². The third-order valence-electron chi connectivity index (χ3n) is 10.4. The molecule has 0 aromatic carbocycles. The van der Waals surface area contributed by atoms with E-state index in [1.807, 2.05) is 0 Å². The first-order chi connectivity index (χ1) is 33.4. The Kier molecular flexibility index (Phi) is 43.5. The summed E-state index contributed by atoms with van der Waals surface area (Å²) in [5.74, 6) is -0.391. The fourth-order valence-electron chi connectivity index (χ4n) is 6.54. The average molecular weight is 943 g/mol. The monoisotopic (exact) mass is 943 g/mol. The van der Waals surface area contributed by atoms with E-state index < -0.39 is 49.4 Å². The molecule has 68 heavy (non-hydrogen) atoms. The first kappa shape index (κ1) is 61.8. The van der Waals surface area contributed by atoms with Crippen molar-refractivity contribution < 1.29 is 44.2 Å². The van der Waals surface area contributed by atoms with E-state index in [1.54, 1.807) is 0 Å². The second-order valence-corrected chi connectivity index (χ2v) is 16.5. The molecule has 0 amide bonds. The van der Waals surface area contributed by atoms with E-state index in [0.29, 0.717) is 13.0 Å². The van der Waals surface area contributed by atoms with Crippen LogP contribution in [0.1, 0.15) is 142 Å². The summed E-state index contributed by atoms with van der Waals surface area (Å²) in [6, 6.07) is 0. The second kappa shape index (κ2) is 47.9. The largest absolute Gasteiger partial charge is 0.457 e. The van der Waals surface area contributed by atoms with Crippen LogP contribution < -0.4 is 0 Å². The molecule has 1 saturated heterocycles. The number of aliphatic hydroxyl groups is 4. The van der Waals surface area contributed by atoms with Gasteiger partial charge in [-0.2, -0.15) is 0 Å². The molecular weight excluding hydrogens is 853 g/mol. The molecule has 0 saturated carbocycles. The van der Waals surface area contributed by atoms with Crippen LogP contribution in [0.25, 0.3) is 0 Å². The van der Waals surface area contributed by atoms with Gasteiger partial charge in [0.1, 0.15) is 30.5 Å². The number of unbranched alkanes of at least 4 members (excludes halogenated alkanes) is 4. The topological polar surface area (TPSA) is 135 Å². The van der Waals surface area contributed by atoms with Gasteiger partial charge in [-0.3, -0.25) is 4.79 Å². The molecule has 0 aliphatic carbocycles. The van der Waals surface area contributed by atoms with E-state index in [2.05, 4.69) is 172 Å². The van der Waals surface area contributed by atoms with Crippen molar-refractivity contribution in [3.05, 3.63) is 158 Å². The fourth-order valence-corrected chi connectivity index (χ4v) is 6.54. The van der Waals surface area contributed by atoms with Crippen molar-refractivity contribution in [3.63, 3.8) is 0 Å². The van der Waals surface area contributed by atoms with Crippen LogP contribution in [-0.2, 0) is 23.7 Å². The van der Waals surface area contributed by atoms with Crippen LogP contribution in [0.4, 0.5) is 0 Å². The van der Waals surface area contributed by atoms with Crippen molar-refractivity contribution in [2.75, 3.05) is 26.4 Å². The highest BCUT2D eigenvalue weighted by atomic mass is 16.7. The lowest BCUT2D eigenvalue weighted by molar-refractivity contribution is -0.305. The van der Waals surface area contributed by atoms with E-state index in [-0.39, 0.29) is 19.6 Å². The lowest BCUT2D eigenvalue weighted by Crippen LogP contribution is -2.59. The standard InChI is InChI=1S/C59H90O9/c1-3-5-7-9-11-13-15-17-19-21-23-25-27-28-30-32-34-36-38-40-42-44-46-48-55(61)67-53(52-66-59-58(64)57(63)56(62)54(50-60)68-59)51-65-49-47-45-43-41-39-37-35-33-31-29-26-24-22-20-18-16-14-12-10-8-6-4-2/h5-8,11-14,17-20,23-26,28,30-31,33-34,36-37,39-40,42,53-54,56-60,62-64H,3-4,9-10,15-16,21-22,27,29,32,35,38,41,43-52H2,1-2H3/b7-5-,8-6-,13-11-,14-12-,19-17-,20-18-,25-23-,26-24-,30-28-,33-31-,36-34-,39-37-,42-40-. The highest BCUT2D eigenvalue weighted by Crippen LogP contribution is 2.22. The van der Waals surface area contributed by atoms with Gasteiger partial charge in [-0.25, -0.2) is 0 Å². The number of hydrogen-bond acceptors (Lipinski definition) is 9. The normalized spacial score (nSPS) is 20.5. The van der Waals surface area contributed by atoms with Crippen LogP contribution in [0, 0.1) is 0 Å². The van der Waals surface area contributed by atoms with E-state index >= 15 is 0 Å². The first-order valence-corrected chi connectivity index (χ1v) is 25.6. The van der Waals surface area contributed by atoms with Crippen molar-refractivity contribution >= 4 is 5.97 Å². The predicted octanol–water partition coefficient (Wildman–Crippen LogP) is 12.8. The number of carbonyl (C=O) groups excluding carboxylic acids is 1. The quantitative estimate of drug-likeness (QED) is 0.0268. The van der Waals surface area contributed by atoms with Crippen LogP contribution in [0.2, 0.25) is 0 Å². The molecule has 0 bridgehead atoms. The Bertz CT molecular complexity index is 1590. The van der Waals surface area contributed by atoms with Gasteiger partial charge in [0.05, 0.1) is 19.8 Å². The Hall–Kier alpha value is -4.19. The summed E-state index contributed by atoms with van der Waals surface area (Å²) in [7, 11) is 0.